The molecule has 1 aliphatic heterocycles. The Bertz CT molecular complexity index is 1200. The highest BCUT2D eigenvalue weighted by Gasteiger charge is 2.25. The van der Waals surface area contributed by atoms with E-state index in [1.165, 1.54) is 5.39 Å². The van der Waals surface area contributed by atoms with Gasteiger partial charge in [0.05, 0.1) is 5.69 Å². The molecule has 0 aliphatic carbocycles. The van der Waals surface area contributed by atoms with E-state index < -0.39 is 0 Å². The topological polar surface area (TPSA) is 59.0 Å². The summed E-state index contributed by atoms with van der Waals surface area (Å²) in [4.78, 5) is 17.9. The maximum atomic E-state index is 13.1. The third-order valence-electron chi connectivity index (χ3n) is 5.43. The van der Waals surface area contributed by atoms with Crippen LogP contribution >= 0.6 is 0 Å². The lowest BCUT2D eigenvalue weighted by atomic mass is 10.0. The van der Waals surface area contributed by atoms with E-state index in [0.717, 1.165) is 46.8 Å². The minimum atomic E-state index is -0.173. The molecule has 4 aromatic rings. The number of hydrogen-bond acceptors (Lipinski definition) is 3. The third-order valence-corrected chi connectivity index (χ3v) is 5.43. The molecule has 0 saturated carbocycles. The molecule has 2 heterocycles. The predicted molar refractivity (Wildman–Crippen MR) is 116 cm³/mol. The van der Waals surface area contributed by atoms with Crippen molar-refractivity contribution in [1.29, 1.82) is 0 Å². The van der Waals surface area contributed by atoms with Crippen molar-refractivity contribution >= 4 is 22.4 Å². The lowest BCUT2D eigenvalue weighted by Crippen LogP contribution is -2.29. The summed E-state index contributed by atoms with van der Waals surface area (Å²) in [7, 11) is 0. The van der Waals surface area contributed by atoms with Crippen LogP contribution < -0.4 is 10.6 Å². The Kier molecular flexibility index (Phi) is 4.37. The number of rotatable bonds is 3. The molecule has 5 rings (SSSR count). The molecule has 3 aromatic carbocycles. The predicted octanol–water partition coefficient (Wildman–Crippen LogP) is 4.37. The number of anilines is 1. The maximum Gasteiger partial charge on any atom is 0.276 e. The lowest BCUT2D eigenvalue weighted by Gasteiger charge is -2.19. The number of aromatic nitrogens is 2. The Morgan fingerprint density at radius 3 is 2.69 bits per heavy atom. The van der Waals surface area contributed by atoms with Crippen LogP contribution in [0.1, 0.15) is 21.7 Å². The molecule has 0 atom stereocenters. The first-order valence-electron chi connectivity index (χ1n) is 9.87. The number of carbonyl (C=O) groups is 1. The molecule has 1 aliphatic rings. The van der Waals surface area contributed by atoms with E-state index in [4.69, 9.17) is 4.98 Å². The van der Waals surface area contributed by atoms with Crippen molar-refractivity contribution in [2.75, 3.05) is 11.9 Å². The quantitative estimate of drug-likeness (QED) is 0.553. The van der Waals surface area contributed by atoms with Crippen molar-refractivity contribution in [2.24, 2.45) is 0 Å². The lowest BCUT2D eigenvalue weighted by molar-refractivity contribution is 0.102. The summed E-state index contributed by atoms with van der Waals surface area (Å²) in [6, 6.07) is 22.3. The van der Waals surface area contributed by atoms with Crippen molar-refractivity contribution in [3.63, 3.8) is 0 Å². The summed E-state index contributed by atoms with van der Waals surface area (Å²) in [5.74, 6) is 0.681. The van der Waals surface area contributed by atoms with Crippen molar-refractivity contribution in [1.82, 2.24) is 14.9 Å². The number of amides is 1. The number of benzene rings is 3. The second-order valence-corrected chi connectivity index (χ2v) is 7.41. The van der Waals surface area contributed by atoms with E-state index in [9.17, 15) is 4.79 Å². The minimum absolute atomic E-state index is 0.173. The maximum absolute atomic E-state index is 13.1. The molecule has 0 radical (unpaired) electrons. The van der Waals surface area contributed by atoms with Gasteiger partial charge in [0.15, 0.2) is 5.69 Å². The fourth-order valence-corrected chi connectivity index (χ4v) is 3.94. The number of fused-ring (bicyclic) bond motifs is 2. The zero-order chi connectivity index (χ0) is 19.8. The van der Waals surface area contributed by atoms with Gasteiger partial charge >= 0.3 is 0 Å². The van der Waals surface area contributed by atoms with E-state index in [-0.39, 0.29) is 5.91 Å². The fraction of sp³-hybridized carbons (Fsp3) is 0.167. The molecule has 1 amide bonds. The van der Waals surface area contributed by atoms with Gasteiger partial charge in [0.2, 0.25) is 0 Å². The van der Waals surface area contributed by atoms with Crippen molar-refractivity contribution in [3.05, 3.63) is 83.7 Å². The zero-order valence-electron chi connectivity index (χ0n) is 16.3. The largest absolute Gasteiger partial charge is 0.325 e. The first-order chi connectivity index (χ1) is 14.2. The van der Waals surface area contributed by atoms with Crippen molar-refractivity contribution in [3.8, 4) is 11.4 Å². The molecule has 0 spiro atoms. The van der Waals surface area contributed by atoms with Crippen molar-refractivity contribution in [2.45, 2.75) is 20.0 Å². The van der Waals surface area contributed by atoms with Crippen LogP contribution in [-0.2, 0) is 13.1 Å². The van der Waals surface area contributed by atoms with Gasteiger partial charge in [-0.2, -0.15) is 0 Å². The average Bonchev–Trinajstić information content (AvgIpc) is 3.15. The van der Waals surface area contributed by atoms with Crippen LogP contribution in [0.25, 0.3) is 22.2 Å². The van der Waals surface area contributed by atoms with E-state index >= 15 is 0 Å². The van der Waals surface area contributed by atoms with Gasteiger partial charge in [-0.1, -0.05) is 60.2 Å². The molecule has 0 fully saturated rings. The van der Waals surface area contributed by atoms with Gasteiger partial charge in [-0.15, -0.1) is 0 Å². The summed E-state index contributed by atoms with van der Waals surface area (Å²) in [6.45, 7) is 4.31. The number of carbonyl (C=O) groups excluding carboxylic acids is 1. The number of imidazole rings is 1. The van der Waals surface area contributed by atoms with Gasteiger partial charge in [0.25, 0.3) is 5.91 Å². The molecular weight excluding hydrogens is 360 g/mol. The molecule has 29 heavy (non-hydrogen) atoms. The molecule has 5 heteroatoms. The minimum Gasteiger partial charge on any atom is -0.325 e. The van der Waals surface area contributed by atoms with Crippen LogP contribution in [0.3, 0.4) is 0 Å². The summed E-state index contributed by atoms with van der Waals surface area (Å²) < 4.78 is 2.18. The standard InChI is InChI=1S/C24H22N4O/c1-16-9-11-18(12-10-16)26-24(29)22-21-15-25-13-14-28(21)23(27-22)20-8-4-6-17-5-2-3-7-19(17)20/h2-12,25H,13-15H2,1H3,(H,26,29). The highest BCUT2D eigenvalue weighted by molar-refractivity contribution is 6.05. The smallest absolute Gasteiger partial charge is 0.276 e. The summed E-state index contributed by atoms with van der Waals surface area (Å²) in [5.41, 5.74) is 4.41. The third kappa shape index (κ3) is 3.19. The molecule has 1 aromatic heterocycles. The van der Waals surface area contributed by atoms with Gasteiger partial charge in [0, 0.05) is 30.9 Å². The Hall–Kier alpha value is -3.44. The van der Waals surface area contributed by atoms with Gasteiger partial charge in [-0.05, 0) is 29.8 Å². The summed E-state index contributed by atoms with van der Waals surface area (Å²) >= 11 is 0. The second kappa shape index (κ2) is 7.18. The SMILES string of the molecule is Cc1ccc(NC(=O)c2nc(-c3cccc4ccccc34)n3c2CNCC3)cc1. The zero-order valence-corrected chi connectivity index (χ0v) is 16.3. The van der Waals surface area contributed by atoms with Crippen molar-refractivity contribution < 1.29 is 4.79 Å². The number of nitrogens with zero attached hydrogens (tertiary/aromatic N) is 2. The molecule has 0 saturated heterocycles. The van der Waals surface area contributed by atoms with E-state index in [1.807, 2.05) is 49.4 Å². The van der Waals surface area contributed by atoms with Gasteiger partial charge in [0.1, 0.15) is 5.82 Å². The number of aryl methyl sites for hydroxylation is 1. The van der Waals surface area contributed by atoms with Crippen LogP contribution in [0.2, 0.25) is 0 Å². The van der Waals surface area contributed by atoms with E-state index in [0.29, 0.717) is 12.2 Å². The Balaban J connectivity index is 1.60. The molecule has 5 nitrogen and oxygen atoms in total. The van der Waals surface area contributed by atoms with Crippen LogP contribution in [0.5, 0.6) is 0 Å². The first-order valence-corrected chi connectivity index (χ1v) is 9.87. The second-order valence-electron chi connectivity index (χ2n) is 7.41. The highest BCUT2D eigenvalue weighted by Crippen LogP contribution is 2.31. The normalized spacial score (nSPS) is 13.3. The van der Waals surface area contributed by atoms with E-state index in [1.54, 1.807) is 0 Å². The Morgan fingerprint density at radius 1 is 1.03 bits per heavy atom. The average molecular weight is 382 g/mol. The molecular formula is C24H22N4O. The number of nitrogens with one attached hydrogen (secondary N) is 2. The van der Waals surface area contributed by atoms with Crippen LogP contribution in [-0.4, -0.2) is 22.0 Å². The monoisotopic (exact) mass is 382 g/mol. The van der Waals surface area contributed by atoms with Gasteiger partial charge in [-0.3, -0.25) is 4.79 Å². The molecule has 144 valence electrons. The summed E-state index contributed by atoms with van der Waals surface area (Å²) in [5, 5.41) is 8.68. The summed E-state index contributed by atoms with van der Waals surface area (Å²) in [6.07, 6.45) is 0. The van der Waals surface area contributed by atoms with Crippen LogP contribution in [0.4, 0.5) is 5.69 Å². The molecule has 0 unspecified atom stereocenters. The van der Waals surface area contributed by atoms with E-state index in [2.05, 4.69) is 39.5 Å². The number of hydrogen-bond donors (Lipinski definition) is 2. The van der Waals surface area contributed by atoms with Crippen LogP contribution in [0, 0.1) is 6.92 Å². The fourth-order valence-electron chi connectivity index (χ4n) is 3.94. The Labute approximate surface area is 169 Å². The molecule has 0 bridgehead atoms. The first kappa shape index (κ1) is 17.6. The Morgan fingerprint density at radius 2 is 1.83 bits per heavy atom. The van der Waals surface area contributed by atoms with Gasteiger partial charge in [-0.25, -0.2) is 4.98 Å². The molecule has 2 N–H and O–H groups in total. The highest BCUT2D eigenvalue weighted by atomic mass is 16.1. The van der Waals surface area contributed by atoms with Crippen LogP contribution in [0.15, 0.2) is 66.7 Å². The van der Waals surface area contributed by atoms with Gasteiger partial charge < -0.3 is 15.2 Å².